The largest absolute Gasteiger partial charge is 0.455 e. The molecule has 2 heteroatoms. The standard InChI is InChI=1S/C34H20OS/c1-2-10-21(11-3-1)31-23-13-4-6-15-25(23)32(26-16-7-5-14-24(26)31)29-20-28-22-12-8-9-17-30(22)35-33(28)27-18-19-36-34(27)29/h1-20H. The van der Waals surface area contributed by atoms with Crippen LogP contribution in [-0.2, 0) is 0 Å². The van der Waals surface area contributed by atoms with Gasteiger partial charge in [-0.05, 0) is 61.8 Å². The maximum absolute atomic E-state index is 6.37. The fraction of sp³-hybridized carbons (Fsp3) is 0. The van der Waals surface area contributed by atoms with Gasteiger partial charge in [0.2, 0.25) is 0 Å². The summed E-state index contributed by atoms with van der Waals surface area (Å²) in [6.45, 7) is 0. The molecule has 0 bridgehead atoms. The smallest absolute Gasteiger partial charge is 0.144 e. The third kappa shape index (κ3) is 2.71. The number of benzene rings is 6. The highest BCUT2D eigenvalue weighted by Gasteiger charge is 2.21. The third-order valence-electron chi connectivity index (χ3n) is 7.34. The first-order valence-electron chi connectivity index (χ1n) is 12.2. The number of hydrogen-bond donors (Lipinski definition) is 0. The molecular weight excluding hydrogens is 456 g/mol. The van der Waals surface area contributed by atoms with Crippen LogP contribution in [0.2, 0.25) is 0 Å². The number of thiophene rings is 1. The van der Waals surface area contributed by atoms with E-state index < -0.39 is 0 Å². The van der Waals surface area contributed by atoms with Gasteiger partial charge in [0.25, 0.3) is 0 Å². The Bertz CT molecular complexity index is 2040. The molecule has 0 fully saturated rings. The van der Waals surface area contributed by atoms with Gasteiger partial charge in [-0.1, -0.05) is 97.1 Å². The van der Waals surface area contributed by atoms with Crippen LogP contribution in [0.4, 0.5) is 0 Å². The van der Waals surface area contributed by atoms with Crippen LogP contribution in [0.3, 0.4) is 0 Å². The summed E-state index contributed by atoms with van der Waals surface area (Å²) in [5.41, 5.74) is 7.01. The molecule has 0 radical (unpaired) electrons. The lowest BCUT2D eigenvalue weighted by Gasteiger charge is -2.18. The second-order valence-electron chi connectivity index (χ2n) is 9.27. The molecule has 6 aromatic carbocycles. The van der Waals surface area contributed by atoms with Crippen molar-refractivity contribution in [2.24, 2.45) is 0 Å². The molecule has 2 heterocycles. The van der Waals surface area contributed by atoms with E-state index in [-0.39, 0.29) is 0 Å². The summed E-state index contributed by atoms with van der Waals surface area (Å²) in [6, 6.07) is 41.4. The van der Waals surface area contributed by atoms with Crippen LogP contribution < -0.4 is 0 Å². The lowest BCUT2D eigenvalue weighted by atomic mass is 9.85. The van der Waals surface area contributed by atoms with Crippen LogP contribution in [0.25, 0.3) is 75.8 Å². The molecule has 0 amide bonds. The summed E-state index contributed by atoms with van der Waals surface area (Å²) in [7, 11) is 0. The van der Waals surface area contributed by atoms with E-state index in [1.165, 1.54) is 59.3 Å². The maximum atomic E-state index is 6.37. The van der Waals surface area contributed by atoms with Crippen molar-refractivity contribution in [3.8, 4) is 22.3 Å². The Kier molecular flexibility index (Phi) is 4.16. The quantitative estimate of drug-likeness (QED) is 0.226. The Balaban J connectivity index is 1.60. The van der Waals surface area contributed by atoms with Crippen LogP contribution >= 0.6 is 11.3 Å². The normalized spacial score (nSPS) is 11.9. The molecule has 36 heavy (non-hydrogen) atoms. The number of rotatable bonds is 2. The van der Waals surface area contributed by atoms with Gasteiger partial charge in [0.15, 0.2) is 0 Å². The summed E-state index contributed by atoms with van der Waals surface area (Å²) in [4.78, 5) is 0. The molecule has 2 aromatic heterocycles. The Morgan fingerprint density at radius 3 is 1.75 bits per heavy atom. The van der Waals surface area contributed by atoms with Gasteiger partial charge in [-0.2, -0.15) is 0 Å². The van der Waals surface area contributed by atoms with E-state index in [4.69, 9.17) is 4.42 Å². The first-order chi connectivity index (χ1) is 17.9. The lowest BCUT2D eigenvalue weighted by molar-refractivity contribution is 0.673. The highest BCUT2D eigenvalue weighted by Crippen LogP contribution is 2.48. The van der Waals surface area contributed by atoms with Crippen molar-refractivity contribution in [3.63, 3.8) is 0 Å². The van der Waals surface area contributed by atoms with E-state index in [0.29, 0.717) is 0 Å². The van der Waals surface area contributed by atoms with Crippen molar-refractivity contribution in [1.29, 1.82) is 0 Å². The molecule has 8 rings (SSSR count). The minimum Gasteiger partial charge on any atom is -0.455 e. The van der Waals surface area contributed by atoms with E-state index in [1.807, 2.05) is 6.07 Å². The minimum absolute atomic E-state index is 0.936. The van der Waals surface area contributed by atoms with E-state index in [9.17, 15) is 0 Å². The summed E-state index contributed by atoms with van der Waals surface area (Å²) in [6.07, 6.45) is 0. The Hall–Kier alpha value is -4.40. The van der Waals surface area contributed by atoms with Gasteiger partial charge in [0.1, 0.15) is 11.2 Å². The van der Waals surface area contributed by atoms with Gasteiger partial charge in [-0.3, -0.25) is 0 Å². The molecule has 1 nitrogen and oxygen atoms in total. The van der Waals surface area contributed by atoms with Gasteiger partial charge in [-0.15, -0.1) is 11.3 Å². The molecular formula is C34H20OS. The average molecular weight is 477 g/mol. The van der Waals surface area contributed by atoms with Crippen molar-refractivity contribution in [1.82, 2.24) is 0 Å². The van der Waals surface area contributed by atoms with Crippen LogP contribution in [0.15, 0.2) is 125 Å². The topological polar surface area (TPSA) is 13.1 Å². The first kappa shape index (κ1) is 19.9. The highest BCUT2D eigenvalue weighted by atomic mass is 32.1. The fourth-order valence-electron chi connectivity index (χ4n) is 5.84. The summed E-state index contributed by atoms with van der Waals surface area (Å²) >= 11 is 1.79. The zero-order valence-corrected chi connectivity index (χ0v) is 20.2. The van der Waals surface area contributed by atoms with Gasteiger partial charge in [0.05, 0.1) is 0 Å². The Labute approximate surface area is 211 Å². The number of fused-ring (bicyclic) bond motifs is 7. The second kappa shape index (κ2) is 7.55. The van der Waals surface area contributed by atoms with Gasteiger partial charge in [-0.25, -0.2) is 0 Å². The van der Waals surface area contributed by atoms with Crippen LogP contribution in [-0.4, -0.2) is 0 Å². The molecule has 8 aromatic rings. The van der Waals surface area contributed by atoms with Gasteiger partial charge in [0, 0.05) is 26.4 Å². The Morgan fingerprint density at radius 1 is 0.472 bits per heavy atom. The van der Waals surface area contributed by atoms with Crippen LogP contribution in [0.1, 0.15) is 0 Å². The molecule has 0 saturated heterocycles. The fourth-order valence-corrected chi connectivity index (χ4v) is 6.75. The maximum Gasteiger partial charge on any atom is 0.144 e. The molecule has 0 saturated carbocycles. The van der Waals surface area contributed by atoms with Crippen molar-refractivity contribution in [2.45, 2.75) is 0 Å². The zero-order valence-electron chi connectivity index (χ0n) is 19.4. The summed E-state index contributed by atoms with van der Waals surface area (Å²) in [5.74, 6) is 0. The van der Waals surface area contributed by atoms with Crippen molar-refractivity contribution >= 4 is 64.9 Å². The molecule has 0 aliphatic carbocycles. The summed E-state index contributed by atoms with van der Waals surface area (Å²) in [5, 5.41) is 10.8. The first-order valence-corrected chi connectivity index (χ1v) is 13.1. The van der Waals surface area contributed by atoms with E-state index in [1.54, 1.807) is 11.3 Å². The zero-order chi connectivity index (χ0) is 23.6. The van der Waals surface area contributed by atoms with E-state index >= 15 is 0 Å². The van der Waals surface area contributed by atoms with Gasteiger partial charge >= 0.3 is 0 Å². The van der Waals surface area contributed by atoms with Crippen LogP contribution in [0, 0.1) is 0 Å². The summed E-state index contributed by atoms with van der Waals surface area (Å²) < 4.78 is 7.64. The van der Waals surface area contributed by atoms with Crippen molar-refractivity contribution in [2.75, 3.05) is 0 Å². The van der Waals surface area contributed by atoms with Crippen molar-refractivity contribution < 1.29 is 4.42 Å². The highest BCUT2D eigenvalue weighted by molar-refractivity contribution is 7.18. The second-order valence-corrected chi connectivity index (χ2v) is 10.2. The van der Waals surface area contributed by atoms with Gasteiger partial charge < -0.3 is 4.42 Å². The molecule has 0 spiro atoms. The lowest BCUT2D eigenvalue weighted by Crippen LogP contribution is -1.91. The molecule has 0 atom stereocenters. The van der Waals surface area contributed by atoms with E-state index in [2.05, 4.69) is 115 Å². The Morgan fingerprint density at radius 2 is 1.06 bits per heavy atom. The van der Waals surface area contributed by atoms with Crippen LogP contribution in [0.5, 0.6) is 0 Å². The van der Waals surface area contributed by atoms with E-state index in [0.717, 1.165) is 16.6 Å². The molecule has 0 aliphatic rings. The SMILES string of the molecule is c1ccc(-c2c3ccccc3c(-c3cc4c5ccccc5oc4c4ccsc34)c3ccccc23)cc1. The monoisotopic (exact) mass is 476 g/mol. The number of para-hydroxylation sites is 1. The minimum atomic E-state index is 0.936. The predicted molar refractivity (Wildman–Crippen MR) is 155 cm³/mol. The molecule has 168 valence electrons. The predicted octanol–water partition coefficient (Wildman–Crippen LogP) is 10.4. The third-order valence-corrected chi connectivity index (χ3v) is 8.29. The number of furan rings is 1. The molecule has 0 N–H and O–H groups in total. The number of hydrogen-bond acceptors (Lipinski definition) is 2. The van der Waals surface area contributed by atoms with Crippen molar-refractivity contribution in [3.05, 3.63) is 121 Å². The molecule has 0 unspecified atom stereocenters. The molecule has 0 aliphatic heterocycles. The average Bonchev–Trinajstić information content (AvgIpc) is 3.57.